The van der Waals surface area contributed by atoms with E-state index < -0.39 is 0 Å². The maximum atomic E-state index is 13.1. The summed E-state index contributed by atoms with van der Waals surface area (Å²) < 4.78 is 14.7. The number of hydrogen-bond donors (Lipinski definition) is 2. The number of carbonyl (C=O) groups excluding carboxylic acids is 1. The second kappa shape index (κ2) is 9.52. The largest absolute Gasteiger partial charge is 0.385 e. The summed E-state index contributed by atoms with van der Waals surface area (Å²) in [7, 11) is 0. The fourth-order valence-corrected chi connectivity index (χ4v) is 4.34. The predicted molar refractivity (Wildman–Crippen MR) is 122 cm³/mol. The molecule has 2 aromatic carbocycles. The average molecular weight is 441 g/mol. The summed E-state index contributed by atoms with van der Waals surface area (Å²) in [4.78, 5) is 12.8. The van der Waals surface area contributed by atoms with Crippen molar-refractivity contribution in [3.8, 4) is 0 Å². The van der Waals surface area contributed by atoms with Gasteiger partial charge in [0.2, 0.25) is 0 Å². The first kappa shape index (κ1) is 21.4. The number of hydrogen-bond acceptors (Lipinski definition) is 3. The van der Waals surface area contributed by atoms with Crippen molar-refractivity contribution in [3.63, 3.8) is 0 Å². The van der Waals surface area contributed by atoms with Crippen LogP contribution in [-0.2, 0) is 6.54 Å². The molecule has 31 heavy (non-hydrogen) atoms. The molecule has 0 bridgehead atoms. The van der Waals surface area contributed by atoms with Gasteiger partial charge in [-0.1, -0.05) is 36.6 Å². The lowest BCUT2D eigenvalue weighted by atomic mass is 10.1. The number of nitrogens with zero attached hydrogens (tertiary/aromatic N) is 2. The number of aromatic nitrogens is 2. The molecule has 7 heteroatoms. The molecule has 0 saturated heterocycles. The summed E-state index contributed by atoms with van der Waals surface area (Å²) in [6, 6.07) is 13.8. The molecule has 5 nitrogen and oxygen atoms in total. The Hall–Kier alpha value is -2.86. The molecule has 0 unspecified atom stereocenters. The van der Waals surface area contributed by atoms with Gasteiger partial charge in [0, 0.05) is 17.9 Å². The van der Waals surface area contributed by atoms with Crippen molar-refractivity contribution < 1.29 is 9.18 Å². The molecule has 0 aliphatic heterocycles. The quantitative estimate of drug-likeness (QED) is 0.481. The third kappa shape index (κ3) is 5.25. The molecule has 1 heterocycles. The molecular formula is C24H26ClFN4O. The molecule has 1 aromatic heterocycles. The number of benzene rings is 2. The molecular weight excluding hydrogens is 415 g/mol. The smallest absolute Gasteiger partial charge is 0.260 e. The summed E-state index contributed by atoms with van der Waals surface area (Å²) in [5.74, 6) is 0.154. The zero-order valence-corrected chi connectivity index (χ0v) is 18.3. The molecule has 0 radical (unpaired) electrons. The minimum Gasteiger partial charge on any atom is -0.385 e. The van der Waals surface area contributed by atoms with Crippen molar-refractivity contribution >= 4 is 28.9 Å². The summed E-state index contributed by atoms with van der Waals surface area (Å²) in [6.45, 7) is 3.10. The molecule has 3 aromatic rings. The Morgan fingerprint density at radius 1 is 1.10 bits per heavy atom. The van der Waals surface area contributed by atoms with E-state index in [1.54, 1.807) is 23.7 Å². The lowest BCUT2D eigenvalue weighted by molar-refractivity contribution is 0.102. The SMILES string of the molecule is Cc1nn(Cc2ccc(F)cc2)c(Cl)c1C(=O)Nc1ccc(NCC2CCCC2)cc1. The van der Waals surface area contributed by atoms with Gasteiger partial charge in [0.05, 0.1) is 17.8 Å². The standard InChI is InChI=1S/C24H26ClFN4O/c1-16-22(23(25)30(29-16)15-18-6-8-19(26)9-7-18)24(31)28-21-12-10-20(11-13-21)27-14-17-4-2-3-5-17/h6-13,17,27H,2-5,14-15H2,1H3,(H,28,31). The second-order valence-electron chi connectivity index (χ2n) is 8.10. The first-order valence-electron chi connectivity index (χ1n) is 10.6. The van der Waals surface area contributed by atoms with Crippen molar-refractivity contribution in [1.29, 1.82) is 0 Å². The van der Waals surface area contributed by atoms with Gasteiger partial charge in [-0.05, 0) is 67.6 Å². The lowest BCUT2D eigenvalue weighted by Crippen LogP contribution is -2.14. The fraction of sp³-hybridized carbons (Fsp3) is 0.333. The van der Waals surface area contributed by atoms with E-state index in [-0.39, 0.29) is 16.9 Å². The van der Waals surface area contributed by atoms with E-state index in [0.717, 1.165) is 23.7 Å². The minimum absolute atomic E-state index is 0.258. The lowest BCUT2D eigenvalue weighted by Gasteiger charge is -2.12. The molecule has 1 aliphatic rings. The van der Waals surface area contributed by atoms with Gasteiger partial charge in [-0.15, -0.1) is 0 Å². The van der Waals surface area contributed by atoms with Gasteiger partial charge < -0.3 is 10.6 Å². The highest BCUT2D eigenvalue weighted by molar-refractivity contribution is 6.33. The molecule has 1 saturated carbocycles. The third-order valence-corrected chi connectivity index (χ3v) is 6.13. The number of rotatable bonds is 7. The molecule has 0 atom stereocenters. The summed E-state index contributed by atoms with van der Waals surface area (Å²) in [6.07, 6.45) is 5.27. The van der Waals surface area contributed by atoms with Crippen molar-refractivity contribution in [2.75, 3.05) is 17.2 Å². The Balaban J connectivity index is 1.39. The van der Waals surface area contributed by atoms with Crippen LogP contribution in [0.2, 0.25) is 5.15 Å². The van der Waals surface area contributed by atoms with E-state index in [9.17, 15) is 9.18 Å². The Bertz CT molecular complexity index is 1040. The zero-order chi connectivity index (χ0) is 21.8. The fourth-order valence-electron chi connectivity index (χ4n) is 4.02. The van der Waals surface area contributed by atoms with E-state index >= 15 is 0 Å². The number of anilines is 2. The number of amides is 1. The van der Waals surface area contributed by atoms with Crippen LogP contribution < -0.4 is 10.6 Å². The van der Waals surface area contributed by atoms with Crippen LogP contribution >= 0.6 is 11.6 Å². The molecule has 162 valence electrons. The number of carbonyl (C=O) groups is 1. The first-order valence-corrected chi connectivity index (χ1v) is 11.0. The van der Waals surface area contributed by atoms with Crippen LogP contribution in [0.3, 0.4) is 0 Å². The van der Waals surface area contributed by atoms with Crippen molar-refractivity contribution in [2.24, 2.45) is 5.92 Å². The van der Waals surface area contributed by atoms with E-state index in [1.807, 2.05) is 24.3 Å². The highest BCUT2D eigenvalue weighted by atomic mass is 35.5. The topological polar surface area (TPSA) is 59.0 Å². The van der Waals surface area contributed by atoms with Gasteiger partial charge in [-0.25, -0.2) is 9.07 Å². The summed E-state index contributed by atoms with van der Waals surface area (Å²) in [5, 5.41) is 11.0. The van der Waals surface area contributed by atoms with Crippen LogP contribution in [0.25, 0.3) is 0 Å². The van der Waals surface area contributed by atoms with Crippen molar-refractivity contribution in [3.05, 3.63) is 76.3 Å². The van der Waals surface area contributed by atoms with Gasteiger partial charge in [-0.3, -0.25) is 4.79 Å². The Kier molecular flexibility index (Phi) is 6.56. The van der Waals surface area contributed by atoms with E-state index in [1.165, 1.54) is 37.8 Å². The number of nitrogens with one attached hydrogen (secondary N) is 2. The van der Waals surface area contributed by atoms with Gasteiger partial charge in [0.25, 0.3) is 5.91 Å². The van der Waals surface area contributed by atoms with Crippen LogP contribution in [0.5, 0.6) is 0 Å². The predicted octanol–water partition coefficient (Wildman–Crippen LogP) is 5.89. The summed E-state index contributed by atoms with van der Waals surface area (Å²) in [5.41, 5.74) is 3.47. The Labute approximate surface area is 186 Å². The number of halogens is 2. The average Bonchev–Trinajstić information content (AvgIpc) is 3.37. The molecule has 0 spiro atoms. The van der Waals surface area contributed by atoms with Crippen LogP contribution in [0, 0.1) is 18.7 Å². The van der Waals surface area contributed by atoms with Crippen LogP contribution in [-0.4, -0.2) is 22.2 Å². The zero-order valence-electron chi connectivity index (χ0n) is 17.5. The second-order valence-corrected chi connectivity index (χ2v) is 8.46. The minimum atomic E-state index is -0.306. The maximum Gasteiger partial charge on any atom is 0.260 e. The number of aryl methyl sites for hydroxylation is 1. The normalized spacial score (nSPS) is 14.0. The van der Waals surface area contributed by atoms with E-state index in [4.69, 9.17) is 11.6 Å². The molecule has 4 rings (SSSR count). The highest BCUT2D eigenvalue weighted by Gasteiger charge is 2.21. The van der Waals surface area contributed by atoms with Crippen LogP contribution in [0.4, 0.5) is 15.8 Å². The van der Waals surface area contributed by atoms with Crippen LogP contribution in [0.1, 0.15) is 47.3 Å². The third-order valence-electron chi connectivity index (χ3n) is 5.75. The molecule has 1 amide bonds. The molecule has 1 aliphatic carbocycles. The monoisotopic (exact) mass is 440 g/mol. The van der Waals surface area contributed by atoms with Gasteiger partial charge in [0.1, 0.15) is 11.0 Å². The Morgan fingerprint density at radius 3 is 2.42 bits per heavy atom. The van der Waals surface area contributed by atoms with Crippen LogP contribution in [0.15, 0.2) is 48.5 Å². The van der Waals surface area contributed by atoms with Gasteiger partial charge in [-0.2, -0.15) is 5.10 Å². The van der Waals surface area contributed by atoms with E-state index in [2.05, 4.69) is 15.7 Å². The first-order chi connectivity index (χ1) is 15.0. The molecule has 2 N–H and O–H groups in total. The van der Waals surface area contributed by atoms with Gasteiger partial charge in [0.15, 0.2) is 0 Å². The van der Waals surface area contributed by atoms with Crippen molar-refractivity contribution in [1.82, 2.24) is 9.78 Å². The van der Waals surface area contributed by atoms with E-state index in [0.29, 0.717) is 23.5 Å². The van der Waals surface area contributed by atoms with Gasteiger partial charge >= 0.3 is 0 Å². The maximum absolute atomic E-state index is 13.1. The van der Waals surface area contributed by atoms with Crippen molar-refractivity contribution in [2.45, 2.75) is 39.2 Å². The highest BCUT2D eigenvalue weighted by Crippen LogP contribution is 2.26. The summed E-state index contributed by atoms with van der Waals surface area (Å²) >= 11 is 6.46. The Morgan fingerprint density at radius 2 is 1.74 bits per heavy atom. The molecule has 1 fully saturated rings.